The fourth-order valence-electron chi connectivity index (χ4n) is 2.73. The molecule has 7 heteroatoms. The van der Waals surface area contributed by atoms with Crippen molar-refractivity contribution in [2.75, 3.05) is 42.9 Å². The molecule has 2 aromatic heterocycles. The number of aryl methyl sites for hydroxylation is 1. The Bertz CT molecular complexity index is 624. The molecular formula is C16H23N7. The van der Waals surface area contributed by atoms with Crippen molar-refractivity contribution in [3.05, 3.63) is 36.0 Å². The van der Waals surface area contributed by atoms with E-state index in [2.05, 4.69) is 48.0 Å². The van der Waals surface area contributed by atoms with E-state index >= 15 is 0 Å². The lowest BCUT2D eigenvalue weighted by Crippen LogP contribution is -2.46. The van der Waals surface area contributed by atoms with Crippen LogP contribution in [0.15, 0.2) is 24.7 Å². The fourth-order valence-corrected chi connectivity index (χ4v) is 2.73. The summed E-state index contributed by atoms with van der Waals surface area (Å²) in [7, 11) is 0. The van der Waals surface area contributed by atoms with Gasteiger partial charge >= 0.3 is 0 Å². The van der Waals surface area contributed by atoms with Crippen LogP contribution in [0.4, 0.5) is 11.8 Å². The van der Waals surface area contributed by atoms with Crippen LogP contribution in [0.25, 0.3) is 0 Å². The maximum atomic E-state index is 4.62. The van der Waals surface area contributed by atoms with Crippen molar-refractivity contribution >= 4 is 11.8 Å². The summed E-state index contributed by atoms with van der Waals surface area (Å²) in [6, 6.07) is 2.05. The maximum Gasteiger partial charge on any atom is 0.224 e. The summed E-state index contributed by atoms with van der Waals surface area (Å²) in [4.78, 5) is 22.2. The predicted molar refractivity (Wildman–Crippen MR) is 90.5 cm³/mol. The lowest BCUT2D eigenvalue weighted by atomic mass is 10.3. The van der Waals surface area contributed by atoms with Crippen LogP contribution in [-0.2, 0) is 6.54 Å². The van der Waals surface area contributed by atoms with E-state index in [9.17, 15) is 0 Å². The first kappa shape index (κ1) is 15.6. The van der Waals surface area contributed by atoms with E-state index < -0.39 is 0 Å². The topological polar surface area (TPSA) is 70.1 Å². The van der Waals surface area contributed by atoms with Gasteiger partial charge in [0.05, 0.1) is 5.69 Å². The SMILES string of the molecule is CCNc1nc(C)cc(N2CCN(Cc3cnccn3)CC2)n1. The highest BCUT2D eigenvalue weighted by atomic mass is 15.3. The Labute approximate surface area is 136 Å². The molecule has 0 radical (unpaired) electrons. The normalized spacial score (nSPS) is 15.7. The summed E-state index contributed by atoms with van der Waals surface area (Å²) in [6.07, 6.45) is 5.29. The number of rotatable bonds is 5. The summed E-state index contributed by atoms with van der Waals surface area (Å²) in [5.74, 6) is 1.72. The van der Waals surface area contributed by atoms with Crippen LogP contribution in [0.1, 0.15) is 18.3 Å². The van der Waals surface area contributed by atoms with Gasteiger partial charge in [-0.15, -0.1) is 0 Å². The van der Waals surface area contributed by atoms with Gasteiger partial charge in [-0.25, -0.2) is 4.98 Å². The molecule has 0 atom stereocenters. The van der Waals surface area contributed by atoms with Crippen LogP contribution in [0, 0.1) is 6.92 Å². The van der Waals surface area contributed by atoms with Gasteiger partial charge in [-0.1, -0.05) is 0 Å². The van der Waals surface area contributed by atoms with Gasteiger partial charge in [-0.05, 0) is 13.8 Å². The van der Waals surface area contributed by atoms with Crippen LogP contribution < -0.4 is 10.2 Å². The second kappa shape index (κ2) is 7.32. The first-order valence-electron chi connectivity index (χ1n) is 8.06. The van der Waals surface area contributed by atoms with Gasteiger partial charge in [0, 0.05) is 69.6 Å². The molecule has 3 heterocycles. The van der Waals surface area contributed by atoms with E-state index in [1.165, 1.54) is 0 Å². The molecule has 1 fully saturated rings. The molecule has 0 saturated carbocycles. The standard InChI is InChI=1S/C16H23N7/c1-3-18-16-20-13(2)10-15(21-16)23-8-6-22(7-9-23)12-14-11-17-4-5-19-14/h4-5,10-11H,3,6-9,12H2,1-2H3,(H,18,20,21). The molecule has 0 unspecified atom stereocenters. The number of piperazine rings is 1. The zero-order chi connectivity index (χ0) is 16.1. The molecule has 2 aromatic rings. The molecule has 3 rings (SSSR count). The molecule has 0 amide bonds. The van der Waals surface area contributed by atoms with E-state index in [1.54, 1.807) is 12.4 Å². The Hall–Kier alpha value is -2.28. The van der Waals surface area contributed by atoms with Crippen molar-refractivity contribution in [2.24, 2.45) is 0 Å². The minimum atomic E-state index is 0.712. The highest BCUT2D eigenvalue weighted by Gasteiger charge is 2.19. The van der Waals surface area contributed by atoms with E-state index in [1.807, 2.05) is 13.1 Å². The van der Waals surface area contributed by atoms with Crippen LogP contribution in [0.5, 0.6) is 0 Å². The van der Waals surface area contributed by atoms with Crippen LogP contribution >= 0.6 is 0 Å². The van der Waals surface area contributed by atoms with E-state index in [-0.39, 0.29) is 0 Å². The Morgan fingerprint density at radius 3 is 2.65 bits per heavy atom. The third-order valence-electron chi connectivity index (χ3n) is 3.87. The summed E-state index contributed by atoms with van der Waals surface area (Å²) in [5, 5.41) is 3.19. The van der Waals surface area contributed by atoms with Crippen molar-refractivity contribution in [3.8, 4) is 0 Å². The molecule has 1 aliphatic rings. The molecule has 7 nitrogen and oxygen atoms in total. The molecule has 0 spiro atoms. The van der Waals surface area contributed by atoms with Gasteiger partial charge in [0.25, 0.3) is 0 Å². The molecule has 1 aliphatic heterocycles. The highest BCUT2D eigenvalue weighted by Crippen LogP contribution is 2.17. The van der Waals surface area contributed by atoms with Gasteiger partial charge in [-0.3, -0.25) is 14.9 Å². The largest absolute Gasteiger partial charge is 0.354 e. The van der Waals surface area contributed by atoms with Crippen molar-refractivity contribution in [1.82, 2.24) is 24.8 Å². The first-order valence-corrected chi connectivity index (χ1v) is 8.06. The molecule has 0 aromatic carbocycles. The lowest BCUT2D eigenvalue weighted by Gasteiger charge is -2.35. The number of nitrogens with one attached hydrogen (secondary N) is 1. The maximum absolute atomic E-state index is 4.62. The zero-order valence-electron chi connectivity index (χ0n) is 13.7. The quantitative estimate of drug-likeness (QED) is 0.893. The number of aromatic nitrogens is 4. The van der Waals surface area contributed by atoms with Gasteiger partial charge in [0.2, 0.25) is 5.95 Å². The Morgan fingerprint density at radius 1 is 1.13 bits per heavy atom. The summed E-state index contributed by atoms with van der Waals surface area (Å²) < 4.78 is 0. The third-order valence-corrected chi connectivity index (χ3v) is 3.87. The number of nitrogens with zero attached hydrogens (tertiary/aromatic N) is 6. The van der Waals surface area contributed by atoms with Crippen molar-refractivity contribution in [3.63, 3.8) is 0 Å². The Morgan fingerprint density at radius 2 is 1.96 bits per heavy atom. The smallest absolute Gasteiger partial charge is 0.224 e. The minimum absolute atomic E-state index is 0.712. The molecular weight excluding hydrogens is 290 g/mol. The summed E-state index contributed by atoms with van der Waals surface area (Å²) in [6.45, 7) is 9.66. The van der Waals surface area contributed by atoms with Gasteiger partial charge in [0.1, 0.15) is 5.82 Å². The Kier molecular flexibility index (Phi) is 4.97. The van der Waals surface area contributed by atoms with Crippen molar-refractivity contribution < 1.29 is 0 Å². The fraction of sp³-hybridized carbons (Fsp3) is 0.500. The average molecular weight is 313 g/mol. The third kappa shape index (κ3) is 4.13. The van der Waals surface area contributed by atoms with E-state index in [0.717, 1.165) is 56.5 Å². The van der Waals surface area contributed by atoms with Gasteiger partial charge in [-0.2, -0.15) is 4.98 Å². The minimum Gasteiger partial charge on any atom is -0.354 e. The number of hydrogen-bond donors (Lipinski definition) is 1. The average Bonchev–Trinajstić information content (AvgIpc) is 2.56. The van der Waals surface area contributed by atoms with Crippen molar-refractivity contribution in [1.29, 1.82) is 0 Å². The van der Waals surface area contributed by atoms with E-state index in [4.69, 9.17) is 0 Å². The van der Waals surface area contributed by atoms with Crippen LogP contribution in [-0.4, -0.2) is 57.6 Å². The monoisotopic (exact) mass is 313 g/mol. The van der Waals surface area contributed by atoms with Gasteiger partial charge < -0.3 is 10.2 Å². The molecule has 1 saturated heterocycles. The molecule has 122 valence electrons. The van der Waals surface area contributed by atoms with Crippen LogP contribution in [0.3, 0.4) is 0 Å². The molecule has 1 N–H and O–H groups in total. The van der Waals surface area contributed by atoms with E-state index in [0.29, 0.717) is 5.95 Å². The Balaban J connectivity index is 1.60. The van der Waals surface area contributed by atoms with Crippen molar-refractivity contribution in [2.45, 2.75) is 20.4 Å². The molecule has 0 bridgehead atoms. The summed E-state index contributed by atoms with van der Waals surface area (Å²) >= 11 is 0. The predicted octanol–water partition coefficient (Wildman–Crippen LogP) is 1.33. The number of hydrogen-bond acceptors (Lipinski definition) is 7. The second-order valence-electron chi connectivity index (χ2n) is 5.68. The molecule has 0 aliphatic carbocycles. The highest BCUT2D eigenvalue weighted by molar-refractivity contribution is 5.45. The lowest BCUT2D eigenvalue weighted by molar-refractivity contribution is 0.246. The van der Waals surface area contributed by atoms with Gasteiger partial charge in [0.15, 0.2) is 0 Å². The number of anilines is 2. The van der Waals surface area contributed by atoms with Crippen LogP contribution in [0.2, 0.25) is 0 Å². The zero-order valence-corrected chi connectivity index (χ0v) is 13.7. The second-order valence-corrected chi connectivity index (χ2v) is 5.68. The molecule has 23 heavy (non-hydrogen) atoms. The summed E-state index contributed by atoms with van der Waals surface area (Å²) in [5.41, 5.74) is 2.02. The first-order chi connectivity index (χ1) is 11.2.